The maximum absolute atomic E-state index is 13.1. The van der Waals surface area contributed by atoms with Gasteiger partial charge in [0.05, 0.1) is 12.6 Å². The fourth-order valence-electron chi connectivity index (χ4n) is 1.85. The van der Waals surface area contributed by atoms with E-state index in [0.717, 1.165) is 11.1 Å². The summed E-state index contributed by atoms with van der Waals surface area (Å²) in [6.45, 7) is 2.57. The van der Waals surface area contributed by atoms with E-state index in [-0.39, 0.29) is 11.9 Å². The summed E-state index contributed by atoms with van der Waals surface area (Å²) in [4.78, 5) is 6.02. The van der Waals surface area contributed by atoms with Gasteiger partial charge in [-0.15, -0.1) is 0 Å². The van der Waals surface area contributed by atoms with Gasteiger partial charge < -0.3 is 10.6 Å². The predicted octanol–water partition coefficient (Wildman–Crippen LogP) is 1.44. The first kappa shape index (κ1) is 9.96. The van der Waals surface area contributed by atoms with Crippen molar-refractivity contribution < 1.29 is 4.39 Å². The largest absolute Gasteiger partial charge is 0.370 e. The van der Waals surface area contributed by atoms with E-state index in [4.69, 9.17) is 5.73 Å². The van der Waals surface area contributed by atoms with E-state index in [1.807, 2.05) is 18.9 Å². The SMILES string of the molecule is Cc1ccc(F)cc1C1CN=C(N)N1C. The van der Waals surface area contributed by atoms with Gasteiger partial charge >= 0.3 is 0 Å². The Labute approximate surface area is 88.4 Å². The maximum atomic E-state index is 13.1. The molecule has 0 amide bonds. The molecule has 15 heavy (non-hydrogen) atoms. The Bertz CT molecular complexity index is 414. The van der Waals surface area contributed by atoms with Gasteiger partial charge in [-0.2, -0.15) is 0 Å². The lowest BCUT2D eigenvalue weighted by atomic mass is 10.0. The van der Waals surface area contributed by atoms with Gasteiger partial charge in [-0.1, -0.05) is 6.07 Å². The number of aliphatic imine (C=N–C) groups is 1. The summed E-state index contributed by atoms with van der Waals surface area (Å²) in [5.74, 6) is 0.304. The van der Waals surface area contributed by atoms with Crippen LogP contribution in [0.15, 0.2) is 23.2 Å². The molecule has 1 aromatic carbocycles. The number of hydrogen-bond acceptors (Lipinski definition) is 3. The monoisotopic (exact) mass is 207 g/mol. The molecule has 1 aliphatic rings. The molecule has 0 aliphatic carbocycles. The summed E-state index contributed by atoms with van der Waals surface area (Å²) in [6.07, 6.45) is 0. The fraction of sp³-hybridized carbons (Fsp3) is 0.364. The summed E-state index contributed by atoms with van der Waals surface area (Å²) in [6, 6.07) is 4.89. The molecule has 0 spiro atoms. The molecule has 2 N–H and O–H groups in total. The zero-order valence-corrected chi connectivity index (χ0v) is 8.87. The van der Waals surface area contributed by atoms with Crippen molar-refractivity contribution in [1.82, 2.24) is 4.90 Å². The molecule has 2 rings (SSSR count). The summed E-state index contributed by atoms with van der Waals surface area (Å²) >= 11 is 0. The van der Waals surface area contributed by atoms with Crippen LogP contribution in [0.3, 0.4) is 0 Å². The number of hydrogen-bond donors (Lipinski definition) is 1. The molecule has 0 fully saturated rings. The van der Waals surface area contributed by atoms with E-state index in [1.165, 1.54) is 6.07 Å². The van der Waals surface area contributed by atoms with E-state index in [9.17, 15) is 4.39 Å². The van der Waals surface area contributed by atoms with Crippen LogP contribution in [0.5, 0.6) is 0 Å². The third-order valence-electron chi connectivity index (χ3n) is 2.86. The number of nitrogens with two attached hydrogens (primary N) is 1. The van der Waals surface area contributed by atoms with Crippen molar-refractivity contribution in [3.05, 3.63) is 35.1 Å². The number of halogens is 1. The van der Waals surface area contributed by atoms with Gasteiger partial charge in [0.1, 0.15) is 5.82 Å². The minimum absolute atomic E-state index is 0.0701. The van der Waals surface area contributed by atoms with Crippen LogP contribution in [0.1, 0.15) is 17.2 Å². The van der Waals surface area contributed by atoms with Gasteiger partial charge in [0, 0.05) is 7.05 Å². The van der Waals surface area contributed by atoms with Gasteiger partial charge in [0.2, 0.25) is 0 Å². The van der Waals surface area contributed by atoms with Gasteiger partial charge in [-0.3, -0.25) is 4.99 Å². The highest BCUT2D eigenvalue weighted by molar-refractivity contribution is 5.80. The van der Waals surface area contributed by atoms with Crippen molar-refractivity contribution in [2.45, 2.75) is 13.0 Å². The topological polar surface area (TPSA) is 41.6 Å². The lowest BCUT2D eigenvalue weighted by Crippen LogP contribution is -2.32. The molecule has 0 aromatic heterocycles. The Morgan fingerprint density at radius 1 is 1.53 bits per heavy atom. The zero-order chi connectivity index (χ0) is 11.0. The third kappa shape index (κ3) is 1.67. The van der Waals surface area contributed by atoms with Crippen molar-refractivity contribution in [3.8, 4) is 0 Å². The number of guanidine groups is 1. The standard InChI is InChI=1S/C11H14FN3/c1-7-3-4-8(12)5-9(7)10-6-14-11(13)15(10)2/h3-5,10H,6H2,1-2H3,(H2,13,14). The zero-order valence-electron chi connectivity index (χ0n) is 8.87. The molecule has 80 valence electrons. The minimum atomic E-state index is -0.213. The van der Waals surface area contributed by atoms with Crippen molar-refractivity contribution in [1.29, 1.82) is 0 Å². The number of likely N-dealkylation sites (N-methyl/N-ethyl adjacent to an activating group) is 1. The average molecular weight is 207 g/mol. The number of aryl methyl sites for hydroxylation is 1. The third-order valence-corrected chi connectivity index (χ3v) is 2.86. The van der Waals surface area contributed by atoms with E-state index >= 15 is 0 Å². The molecular formula is C11H14FN3. The van der Waals surface area contributed by atoms with E-state index in [2.05, 4.69) is 4.99 Å². The van der Waals surface area contributed by atoms with E-state index < -0.39 is 0 Å². The number of nitrogens with zero attached hydrogens (tertiary/aromatic N) is 2. The maximum Gasteiger partial charge on any atom is 0.191 e. The first-order chi connectivity index (χ1) is 7.09. The molecule has 4 heteroatoms. The molecule has 1 unspecified atom stereocenters. The molecule has 0 saturated carbocycles. The van der Waals surface area contributed by atoms with E-state index in [1.54, 1.807) is 12.1 Å². The van der Waals surface area contributed by atoms with Crippen LogP contribution in [0.25, 0.3) is 0 Å². The van der Waals surface area contributed by atoms with E-state index in [0.29, 0.717) is 12.5 Å². The summed E-state index contributed by atoms with van der Waals surface area (Å²) in [7, 11) is 1.88. The Morgan fingerprint density at radius 3 is 2.87 bits per heavy atom. The molecule has 1 atom stereocenters. The Kier molecular flexibility index (Phi) is 2.34. The molecule has 1 heterocycles. The highest BCUT2D eigenvalue weighted by atomic mass is 19.1. The first-order valence-electron chi connectivity index (χ1n) is 4.88. The van der Waals surface area contributed by atoms with Crippen LogP contribution in [0.2, 0.25) is 0 Å². The van der Waals surface area contributed by atoms with Crippen molar-refractivity contribution in [2.24, 2.45) is 10.7 Å². The highest BCUT2D eigenvalue weighted by Crippen LogP contribution is 2.26. The van der Waals surface area contributed by atoms with Crippen LogP contribution in [-0.2, 0) is 0 Å². The molecule has 3 nitrogen and oxygen atoms in total. The summed E-state index contributed by atoms with van der Waals surface area (Å²) in [5, 5.41) is 0. The number of benzene rings is 1. The fourth-order valence-corrected chi connectivity index (χ4v) is 1.85. The normalized spacial score (nSPS) is 20.6. The molecule has 0 bridgehead atoms. The Morgan fingerprint density at radius 2 is 2.27 bits per heavy atom. The van der Waals surface area contributed by atoms with Crippen LogP contribution in [0, 0.1) is 12.7 Å². The lowest BCUT2D eigenvalue weighted by Gasteiger charge is -2.23. The Hall–Kier alpha value is -1.58. The second-order valence-electron chi connectivity index (χ2n) is 3.83. The van der Waals surface area contributed by atoms with Crippen LogP contribution < -0.4 is 5.73 Å². The second-order valence-corrected chi connectivity index (χ2v) is 3.83. The van der Waals surface area contributed by atoms with Crippen LogP contribution in [-0.4, -0.2) is 24.5 Å². The highest BCUT2D eigenvalue weighted by Gasteiger charge is 2.25. The van der Waals surface area contributed by atoms with Crippen molar-refractivity contribution in [3.63, 3.8) is 0 Å². The Balaban J connectivity index is 2.35. The van der Waals surface area contributed by atoms with Gasteiger partial charge in [0.25, 0.3) is 0 Å². The quantitative estimate of drug-likeness (QED) is 0.757. The van der Waals surface area contributed by atoms with Crippen molar-refractivity contribution >= 4 is 5.96 Å². The average Bonchev–Trinajstić information content (AvgIpc) is 2.52. The molecular weight excluding hydrogens is 193 g/mol. The molecule has 0 radical (unpaired) electrons. The summed E-state index contributed by atoms with van der Waals surface area (Å²) in [5.41, 5.74) is 7.70. The smallest absolute Gasteiger partial charge is 0.191 e. The predicted molar refractivity (Wildman–Crippen MR) is 58.1 cm³/mol. The second kappa shape index (κ2) is 3.53. The van der Waals surface area contributed by atoms with Gasteiger partial charge in [0.15, 0.2) is 5.96 Å². The minimum Gasteiger partial charge on any atom is -0.370 e. The molecule has 1 aromatic rings. The van der Waals surface area contributed by atoms with Crippen LogP contribution in [0.4, 0.5) is 4.39 Å². The van der Waals surface area contributed by atoms with Gasteiger partial charge in [-0.25, -0.2) is 4.39 Å². The summed E-state index contributed by atoms with van der Waals surface area (Å²) < 4.78 is 13.1. The van der Waals surface area contributed by atoms with Crippen molar-refractivity contribution in [2.75, 3.05) is 13.6 Å². The molecule has 0 saturated heterocycles. The van der Waals surface area contributed by atoms with Crippen LogP contribution >= 0.6 is 0 Å². The molecule has 1 aliphatic heterocycles. The van der Waals surface area contributed by atoms with Gasteiger partial charge in [-0.05, 0) is 30.2 Å². The lowest BCUT2D eigenvalue weighted by molar-refractivity contribution is 0.411. The first-order valence-corrected chi connectivity index (χ1v) is 4.88. The number of rotatable bonds is 1.